The van der Waals surface area contributed by atoms with Gasteiger partial charge in [-0.25, -0.2) is 8.42 Å². The number of aryl methyl sites for hydroxylation is 1. The van der Waals surface area contributed by atoms with Crippen LogP contribution in [0, 0.1) is 6.92 Å². The van der Waals surface area contributed by atoms with E-state index in [0.29, 0.717) is 12.2 Å². The molecular formula is C13H13F2NO3S. The van der Waals surface area contributed by atoms with Crippen LogP contribution >= 0.6 is 0 Å². The number of sulfone groups is 1. The first-order chi connectivity index (χ1) is 9.39. The van der Waals surface area contributed by atoms with E-state index in [1.807, 2.05) is 19.1 Å². The molecule has 0 bridgehead atoms. The summed E-state index contributed by atoms with van der Waals surface area (Å²) in [6.07, 6.45) is 0. The summed E-state index contributed by atoms with van der Waals surface area (Å²) in [6.45, 7) is 2.25. The van der Waals surface area contributed by atoms with Crippen molar-refractivity contribution >= 4 is 15.5 Å². The fourth-order valence-corrected chi connectivity index (χ4v) is 2.36. The highest BCUT2D eigenvalue weighted by Gasteiger charge is 2.26. The van der Waals surface area contributed by atoms with Crippen LogP contribution in [0.25, 0.3) is 0 Å². The third-order valence-electron chi connectivity index (χ3n) is 2.68. The molecule has 7 heteroatoms. The van der Waals surface area contributed by atoms with Gasteiger partial charge in [-0.3, -0.25) is 0 Å². The van der Waals surface area contributed by atoms with Gasteiger partial charge in [0.15, 0.2) is 0 Å². The standard InChI is InChI=1S/C13H13F2NO3S/c1-9-2-5-11(19-9)8-16-10-3-6-12(7-4-10)20(17,18)13(14)15/h2-7,13,16H,8H2,1H3. The molecule has 1 aromatic carbocycles. The van der Waals surface area contributed by atoms with Crippen molar-refractivity contribution < 1.29 is 21.6 Å². The maximum atomic E-state index is 12.4. The Morgan fingerprint density at radius 1 is 1.15 bits per heavy atom. The van der Waals surface area contributed by atoms with Crippen LogP contribution in [-0.2, 0) is 16.4 Å². The number of nitrogens with one attached hydrogen (secondary N) is 1. The molecule has 0 saturated heterocycles. The molecule has 20 heavy (non-hydrogen) atoms. The predicted molar refractivity (Wildman–Crippen MR) is 70.4 cm³/mol. The number of hydrogen-bond acceptors (Lipinski definition) is 4. The number of alkyl halides is 2. The number of rotatable bonds is 5. The van der Waals surface area contributed by atoms with Gasteiger partial charge < -0.3 is 9.73 Å². The minimum Gasteiger partial charge on any atom is -0.465 e. The first-order valence-corrected chi connectivity index (χ1v) is 7.35. The molecule has 0 aliphatic carbocycles. The topological polar surface area (TPSA) is 59.3 Å². The van der Waals surface area contributed by atoms with Crippen molar-refractivity contribution in [3.63, 3.8) is 0 Å². The van der Waals surface area contributed by atoms with Crippen molar-refractivity contribution in [3.8, 4) is 0 Å². The van der Waals surface area contributed by atoms with E-state index in [2.05, 4.69) is 5.32 Å². The zero-order valence-electron chi connectivity index (χ0n) is 10.6. The molecular weight excluding hydrogens is 288 g/mol. The van der Waals surface area contributed by atoms with Gasteiger partial charge in [-0.05, 0) is 43.3 Å². The smallest absolute Gasteiger partial charge is 0.341 e. The average Bonchev–Trinajstić information content (AvgIpc) is 2.82. The first kappa shape index (κ1) is 14.5. The Kier molecular flexibility index (Phi) is 4.08. The SMILES string of the molecule is Cc1ccc(CNc2ccc(S(=O)(=O)C(F)F)cc2)o1. The molecule has 0 radical (unpaired) electrons. The second kappa shape index (κ2) is 5.62. The summed E-state index contributed by atoms with van der Waals surface area (Å²) >= 11 is 0. The molecule has 2 aromatic rings. The Hall–Kier alpha value is -1.89. The lowest BCUT2D eigenvalue weighted by Gasteiger charge is -2.06. The van der Waals surface area contributed by atoms with Crippen molar-refractivity contribution in [1.29, 1.82) is 0 Å². The maximum Gasteiger partial charge on any atom is 0.341 e. The molecule has 0 spiro atoms. The van der Waals surface area contributed by atoms with Crippen molar-refractivity contribution in [2.45, 2.75) is 24.1 Å². The van der Waals surface area contributed by atoms with Gasteiger partial charge in [-0.2, -0.15) is 8.78 Å². The molecule has 1 aromatic heterocycles. The van der Waals surface area contributed by atoms with E-state index in [1.165, 1.54) is 12.1 Å². The van der Waals surface area contributed by atoms with Crippen LogP contribution in [0.4, 0.5) is 14.5 Å². The van der Waals surface area contributed by atoms with Gasteiger partial charge >= 0.3 is 5.76 Å². The van der Waals surface area contributed by atoms with Gasteiger partial charge in [-0.15, -0.1) is 0 Å². The van der Waals surface area contributed by atoms with Crippen LogP contribution in [0.3, 0.4) is 0 Å². The number of halogens is 2. The minimum atomic E-state index is -4.54. The normalized spacial score (nSPS) is 11.8. The van der Waals surface area contributed by atoms with E-state index in [4.69, 9.17) is 4.42 Å². The average molecular weight is 301 g/mol. The second-order valence-electron chi connectivity index (χ2n) is 4.20. The highest BCUT2D eigenvalue weighted by molar-refractivity contribution is 7.91. The van der Waals surface area contributed by atoms with E-state index < -0.39 is 20.5 Å². The quantitative estimate of drug-likeness (QED) is 0.921. The van der Waals surface area contributed by atoms with Crippen LogP contribution in [-0.4, -0.2) is 14.2 Å². The lowest BCUT2D eigenvalue weighted by atomic mass is 10.3. The highest BCUT2D eigenvalue weighted by atomic mass is 32.2. The van der Waals surface area contributed by atoms with Gasteiger partial charge in [0, 0.05) is 5.69 Å². The fraction of sp³-hybridized carbons (Fsp3) is 0.231. The summed E-state index contributed by atoms with van der Waals surface area (Å²) in [5.41, 5.74) is 0.618. The van der Waals surface area contributed by atoms with Crippen LogP contribution in [0.2, 0.25) is 0 Å². The van der Waals surface area contributed by atoms with Crippen molar-refractivity contribution in [2.24, 2.45) is 0 Å². The van der Waals surface area contributed by atoms with Gasteiger partial charge in [0.1, 0.15) is 11.5 Å². The zero-order valence-corrected chi connectivity index (χ0v) is 11.5. The largest absolute Gasteiger partial charge is 0.465 e. The third-order valence-corrected chi connectivity index (χ3v) is 4.08. The fourth-order valence-electron chi connectivity index (χ4n) is 1.63. The van der Waals surface area contributed by atoms with Gasteiger partial charge in [0.2, 0.25) is 9.84 Å². The third kappa shape index (κ3) is 3.16. The molecule has 0 atom stereocenters. The van der Waals surface area contributed by atoms with E-state index in [-0.39, 0.29) is 0 Å². The Morgan fingerprint density at radius 3 is 2.30 bits per heavy atom. The molecule has 108 valence electrons. The molecule has 1 N–H and O–H groups in total. The molecule has 0 saturated carbocycles. The summed E-state index contributed by atoms with van der Waals surface area (Å²) in [6, 6.07) is 8.82. The molecule has 0 amide bonds. The van der Waals surface area contributed by atoms with Crippen molar-refractivity contribution in [2.75, 3.05) is 5.32 Å². The van der Waals surface area contributed by atoms with E-state index >= 15 is 0 Å². The maximum absolute atomic E-state index is 12.4. The lowest BCUT2D eigenvalue weighted by molar-refractivity contribution is 0.234. The molecule has 0 unspecified atom stereocenters. The molecule has 4 nitrogen and oxygen atoms in total. The van der Waals surface area contributed by atoms with E-state index in [0.717, 1.165) is 23.7 Å². The molecule has 2 rings (SSSR count). The van der Waals surface area contributed by atoms with Crippen molar-refractivity contribution in [3.05, 3.63) is 47.9 Å². The lowest BCUT2D eigenvalue weighted by Crippen LogP contribution is -2.11. The van der Waals surface area contributed by atoms with E-state index in [1.54, 1.807) is 0 Å². The van der Waals surface area contributed by atoms with Gasteiger partial charge in [-0.1, -0.05) is 0 Å². The number of furan rings is 1. The van der Waals surface area contributed by atoms with Crippen LogP contribution in [0.5, 0.6) is 0 Å². The molecule has 0 fully saturated rings. The summed E-state index contributed by atoms with van der Waals surface area (Å²) in [5.74, 6) is -1.89. The van der Waals surface area contributed by atoms with Gasteiger partial charge in [0.25, 0.3) is 0 Å². The van der Waals surface area contributed by atoms with Crippen molar-refractivity contribution in [1.82, 2.24) is 0 Å². The number of benzene rings is 1. The first-order valence-electron chi connectivity index (χ1n) is 5.81. The van der Waals surface area contributed by atoms with Crippen LogP contribution in [0.1, 0.15) is 11.5 Å². The Bertz CT molecular complexity index is 678. The number of hydrogen-bond donors (Lipinski definition) is 1. The highest BCUT2D eigenvalue weighted by Crippen LogP contribution is 2.20. The predicted octanol–water partition coefficient (Wildman–Crippen LogP) is 3.20. The Morgan fingerprint density at radius 2 is 1.80 bits per heavy atom. The van der Waals surface area contributed by atoms with Crippen LogP contribution < -0.4 is 5.32 Å². The Labute approximate surface area is 115 Å². The monoisotopic (exact) mass is 301 g/mol. The molecule has 0 aliphatic heterocycles. The van der Waals surface area contributed by atoms with Gasteiger partial charge in [0.05, 0.1) is 11.4 Å². The summed E-state index contributed by atoms with van der Waals surface area (Å²) in [7, 11) is -4.54. The second-order valence-corrected chi connectivity index (χ2v) is 6.11. The minimum absolute atomic E-state index is 0.396. The summed E-state index contributed by atoms with van der Waals surface area (Å²) in [5, 5.41) is 3.01. The molecule has 1 heterocycles. The Balaban J connectivity index is 2.05. The molecule has 0 aliphatic rings. The zero-order chi connectivity index (χ0) is 14.8. The van der Waals surface area contributed by atoms with E-state index in [9.17, 15) is 17.2 Å². The summed E-state index contributed by atoms with van der Waals surface area (Å²) < 4.78 is 52.5. The number of anilines is 1. The summed E-state index contributed by atoms with van der Waals surface area (Å²) in [4.78, 5) is -0.396. The van der Waals surface area contributed by atoms with Crippen LogP contribution in [0.15, 0.2) is 45.7 Å².